The molecule has 0 saturated carbocycles. The molecule has 2 atom stereocenters. The molecule has 1 fully saturated rings. The quantitative estimate of drug-likeness (QED) is 0.906. The van der Waals surface area contributed by atoms with E-state index in [4.69, 9.17) is 0 Å². The zero-order valence-electron chi connectivity index (χ0n) is 11.8. The molecule has 0 radical (unpaired) electrons. The van der Waals surface area contributed by atoms with Crippen LogP contribution in [-0.4, -0.2) is 30.6 Å². The number of hydrogen-bond acceptors (Lipinski definition) is 2. The van der Waals surface area contributed by atoms with Gasteiger partial charge in [-0.2, -0.15) is 0 Å². The minimum Gasteiger partial charge on any atom is -0.317 e. The monoisotopic (exact) mass is 268 g/mol. The molecule has 1 aliphatic rings. The van der Waals surface area contributed by atoms with Crippen molar-refractivity contribution in [2.45, 2.75) is 44.8 Å². The average Bonchev–Trinajstić information content (AvgIpc) is 2.38. The molecule has 106 valence electrons. The second-order valence-electron chi connectivity index (χ2n) is 5.52. The van der Waals surface area contributed by atoms with Crippen LogP contribution in [0.25, 0.3) is 0 Å². The maximum Gasteiger partial charge on any atom is 0.130 e. The number of nitrogens with one attached hydrogen (secondary N) is 1. The molecular formula is C15H22F2N2. The summed E-state index contributed by atoms with van der Waals surface area (Å²) in [7, 11) is 1.94. The Bertz CT molecular complexity index is 434. The molecule has 2 nitrogen and oxygen atoms in total. The van der Waals surface area contributed by atoms with Crippen LogP contribution in [0.2, 0.25) is 0 Å². The summed E-state index contributed by atoms with van der Waals surface area (Å²) in [5, 5.41) is 3.27. The van der Waals surface area contributed by atoms with Gasteiger partial charge in [0.15, 0.2) is 0 Å². The van der Waals surface area contributed by atoms with Crippen molar-refractivity contribution in [3.63, 3.8) is 0 Å². The summed E-state index contributed by atoms with van der Waals surface area (Å²) in [6, 6.07) is 4.68. The van der Waals surface area contributed by atoms with E-state index in [0.29, 0.717) is 17.6 Å². The molecular weight excluding hydrogens is 246 g/mol. The van der Waals surface area contributed by atoms with Crippen LogP contribution >= 0.6 is 0 Å². The molecule has 1 aromatic rings. The molecule has 1 aromatic carbocycles. The highest BCUT2D eigenvalue weighted by Crippen LogP contribution is 2.34. The molecule has 2 unspecified atom stereocenters. The lowest BCUT2D eigenvalue weighted by atomic mass is 9.90. The summed E-state index contributed by atoms with van der Waals surface area (Å²) in [4.78, 5) is 2.30. The van der Waals surface area contributed by atoms with Gasteiger partial charge >= 0.3 is 0 Å². The Morgan fingerprint density at radius 3 is 2.63 bits per heavy atom. The molecule has 0 spiro atoms. The van der Waals surface area contributed by atoms with Crippen molar-refractivity contribution in [1.82, 2.24) is 10.2 Å². The van der Waals surface area contributed by atoms with E-state index in [0.717, 1.165) is 25.5 Å². The van der Waals surface area contributed by atoms with Gasteiger partial charge in [0.05, 0.1) is 0 Å². The first-order valence-corrected chi connectivity index (χ1v) is 6.91. The number of likely N-dealkylation sites (tertiary alicyclic amines) is 1. The third-order valence-electron chi connectivity index (χ3n) is 4.04. The fraction of sp³-hybridized carbons (Fsp3) is 0.600. The van der Waals surface area contributed by atoms with E-state index in [1.165, 1.54) is 6.07 Å². The van der Waals surface area contributed by atoms with Crippen LogP contribution in [0.4, 0.5) is 8.78 Å². The lowest BCUT2D eigenvalue weighted by molar-refractivity contribution is 0.0921. The van der Waals surface area contributed by atoms with Gasteiger partial charge in [-0.1, -0.05) is 6.07 Å². The number of halogens is 2. The Morgan fingerprint density at radius 1 is 1.32 bits per heavy atom. The summed E-state index contributed by atoms with van der Waals surface area (Å²) >= 11 is 0. The van der Waals surface area contributed by atoms with Crippen LogP contribution in [0.1, 0.15) is 38.3 Å². The fourth-order valence-corrected chi connectivity index (χ4v) is 2.94. The molecule has 0 aromatic heterocycles. The molecule has 0 amide bonds. The van der Waals surface area contributed by atoms with Crippen LogP contribution in [0, 0.1) is 11.6 Å². The van der Waals surface area contributed by atoms with E-state index in [2.05, 4.69) is 24.1 Å². The van der Waals surface area contributed by atoms with Gasteiger partial charge in [-0.05, 0) is 39.8 Å². The first kappa shape index (κ1) is 14.4. The third kappa shape index (κ3) is 3.12. The highest BCUT2D eigenvalue weighted by molar-refractivity contribution is 5.23. The number of piperidine rings is 1. The van der Waals surface area contributed by atoms with Gasteiger partial charge < -0.3 is 5.32 Å². The Hall–Kier alpha value is -1.00. The Morgan fingerprint density at radius 2 is 2.05 bits per heavy atom. The second kappa shape index (κ2) is 5.97. The van der Waals surface area contributed by atoms with Crippen LogP contribution < -0.4 is 5.32 Å². The van der Waals surface area contributed by atoms with Gasteiger partial charge in [-0.15, -0.1) is 0 Å². The molecule has 1 saturated heterocycles. The summed E-state index contributed by atoms with van der Waals surface area (Å²) in [6.07, 6.45) is 1.92. The highest BCUT2D eigenvalue weighted by atomic mass is 19.1. The van der Waals surface area contributed by atoms with Crippen molar-refractivity contribution >= 4 is 0 Å². The van der Waals surface area contributed by atoms with E-state index in [-0.39, 0.29) is 6.04 Å². The minimum absolute atomic E-state index is 0.0202. The van der Waals surface area contributed by atoms with Gasteiger partial charge in [0.1, 0.15) is 11.6 Å². The molecule has 0 aliphatic carbocycles. The Balaban J connectivity index is 2.30. The predicted molar refractivity (Wildman–Crippen MR) is 73.0 cm³/mol. The van der Waals surface area contributed by atoms with Gasteiger partial charge in [0.2, 0.25) is 0 Å². The zero-order valence-corrected chi connectivity index (χ0v) is 11.8. The fourth-order valence-electron chi connectivity index (χ4n) is 2.94. The molecule has 4 heteroatoms. The van der Waals surface area contributed by atoms with Gasteiger partial charge in [0.25, 0.3) is 0 Å². The van der Waals surface area contributed by atoms with Crippen LogP contribution in [-0.2, 0) is 0 Å². The maximum absolute atomic E-state index is 14.0. The zero-order chi connectivity index (χ0) is 14.0. The number of nitrogens with zero attached hydrogens (tertiary/aromatic N) is 1. The van der Waals surface area contributed by atoms with E-state index in [9.17, 15) is 8.78 Å². The van der Waals surface area contributed by atoms with E-state index in [1.54, 1.807) is 6.07 Å². The van der Waals surface area contributed by atoms with Gasteiger partial charge in [-0.25, -0.2) is 8.78 Å². The smallest absolute Gasteiger partial charge is 0.130 e. The summed E-state index contributed by atoms with van der Waals surface area (Å²) < 4.78 is 27.1. The Kier molecular flexibility index (Phi) is 4.53. The molecule has 0 bridgehead atoms. The molecule has 1 aliphatic heterocycles. The topological polar surface area (TPSA) is 15.3 Å². The maximum atomic E-state index is 14.0. The minimum atomic E-state index is -0.515. The predicted octanol–water partition coefficient (Wildman–Crippen LogP) is 3.10. The van der Waals surface area contributed by atoms with Gasteiger partial charge in [0, 0.05) is 36.3 Å². The first-order chi connectivity index (χ1) is 9.02. The average molecular weight is 268 g/mol. The molecule has 1 heterocycles. The van der Waals surface area contributed by atoms with Crippen molar-refractivity contribution in [2.75, 3.05) is 13.6 Å². The second-order valence-corrected chi connectivity index (χ2v) is 5.52. The molecule has 2 rings (SSSR count). The van der Waals surface area contributed by atoms with Crippen LogP contribution in [0.5, 0.6) is 0 Å². The molecule has 1 N–H and O–H groups in total. The first-order valence-electron chi connectivity index (χ1n) is 6.91. The Labute approximate surface area is 113 Å². The summed E-state index contributed by atoms with van der Waals surface area (Å²) in [5.74, 6) is -0.953. The van der Waals surface area contributed by atoms with Crippen molar-refractivity contribution in [1.29, 1.82) is 0 Å². The van der Waals surface area contributed by atoms with Gasteiger partial charge in [-0.3, -0.25) is 4.90 Å². The number of rotatable bonds is 3. The summed E-state index contributed by atoms with van der Waals surface area (Å²) in [5.41, 5.74) is 0.607. The SMILES string of the molecule is CNC1CCN(C(C)C)C(c2ccc(F)cc2F)C1. The normalized spacial score (nSPS) is 24.9. The van der Waals surface area contributed by atoms with Crippen molar-refractivity contribution in [2.24, 2.45) is 0 Å². The van der Waals surface area contributed by atoms with Crippen LogP contribution in [0.15, 0.2) is 18.2 Å². The molecule has 19 heavy (non-hydrogen) atoms. The highest BCUT2D eigenvalue weighted by Gasteiger charge is 2.31. The number of hydrogen-bond donors (Lipinski definition) is 1. The van der Waals surface area contributed by atoms with E-state index < -0.39 is 11.6 Å². The largest absolute Gasteiger partial charge is 0.317 e. The van der Waals surface area contributed by atoms with Crippen molar-refractivity contribution in [3.05, 3.63) is 35.4 Å². The summed E-state index contributed by atoms with van der Waals surface area (Å²) in [6.45, 7) is 5.17. The van der Waals surface area contributed by atoms with Crippen molar-refractivity contribution < 1.29 is 8.78 Å². The van der Waals surface area contributed by atoms with Crippen molar-refractivity contribution in [3.8, 4) is 0 Å². The third-order valence-corrected chi connectivity index (χ3v) is 4.04. The lowest BCUT2D eigenvalue weighted by Crippen LogP contribution is -2.46. The van der Waals surface area contributed by atoms with Crippen LogP contribution in [0.3, 0.4) is 0 Å². The van der Waals surface area contributed by atoms with E-state index >= 15 is 0 Å². The van der Waals surface area contributed by atoms with E-state index in [1.807, 2.05) is 7.05 Å². The lowest BCUT2D eigenvalue weighted by Gasteiger charge is -2.42. The standard InChI is InChI=1S/C15H22F2N2/c1-10(2)19-7-6-12(18-3)9-15(19)13-5-4-11(16)8-14(13)17/h4-5,8,10,12,15,18H,6-7,9H2,1-3H3. The number of benzene rings is 1.